The monoisotopic (exact) mass is 552 g/mol. The van der Waals surface area contributed by atoms with Crippen LogP contribution in [0.25, 0.3) is 22.2 Å². The molecule has 0 bridgehead atoms. The molecule has 0 saturated carbocycles. The molecule has 0 spiro atoms. The first kappa shape index (κ1) is 26.4. The first-order valence-corrected chi connectivity index (χ1v) is 14.1. The molecule has 13 heteroatoms. The Morgan fingerprint density at radius 1 is 1.26 bits per heavy atom. The van der Waals surface area contributed by atoms with Crippen LogP contribution < -0.4 is 15.0 Å². The van der Waals surface area contributed by atoms with Gasteiger partial charge in [0.25, 0.3) is 15.8 Å². The summed E-state index contributed by atoms with van der Waals surface area (Å²) < 4.78 is 35.1. The SMILES string of the molecule is COc1cc(N(C)CCOS(C)(=O)=O)c([N+](=O)[O-])cc1Nc1nccc(-c2cn3c4c(cccc24)CCC3)n1. The topological polar surface area (TPSA) is 142 Å². The van der Waals surface area contributed by atoms with Crippen LogP contribution in [0.15, 0.2) is 48.8 Å². The number of methoxy groups -OCH3 is 1. The molecule has 0 amide bonds. The summed E-state index contributed by atoms with van der Waals surface area (Å²) in [5.41, 5.74) is 4.62. The molecule has 0 radical (unpaired) electrons. The Morgan fingerprint density at radius 3 is 2.82 bits per heavy atom. The van der Waals surface area contributed by atoms with Crippen LogP contribution in [0.4, 0.5) is 23.0 Å². The van der Waals surface area contributed by atoms with Crippen molar-refractivity contribution < 1.29 is 22.3 Å². The van der Waals surface area contributed by atoms with E-state index >= 15 is 0 Å². The van der Waals surface area contributed by atoms with Gasteiger partial charge in [-0.25, -0.2) is 9.97 Å². The molecule has 2 aromatic carbocycles. The lowest BCUT2D eigenvalue weighted by molar-refractivity contribution is -0.384. The number of nitro benzene ring substituents is 1. The molecule has 5 rings (SSSR count). The fourth-order valence-corrected chi connectivity index (χ4v) is 5.25. The van der Waals surface area contributed by atoms with Gasteiger partial charge in [-0.3, -0.25) is 14.3 Å². The van der Waals surface area contributed by atoms with Crippen molar-refractivity contribution in [2.75, 3.05) is 43.8 Å². The summed E-state index contributed by atoms with van der Waals surface area (Å²) in [6.45, 7) is 0.892. The fraction of sp³-hybridized carbons (Fsp3) is 0.308. The maximum absolute atomic E-state index is 11.9. The molecule has 1 aliphatic heterocycles. The Kier molecular flexibility index (Phi) is 7.10. The molecule has 12 nitrogen and oxygen atoms in total. The molecule has 204 valence electrons. The van der Waals surface area contributed by atoms with Crippen LogP contribution in [0, 0.1) is 10.1 Å². The zero-order chi connectivity index (χ0) is 27.7. The highest BCUT2D eigenvalue weighted by atomic mass is 32.2. The summed E-state index contributed by atoms with van der Waals surface area (Å²) in [7, 11) is -0.573. The van der Waals surface area contributed by atoms with Crippen LogP contribution in [0.5, 0.6) is 5.75 Å². The maximum Gasteiger partial charge on any atom is 0.294 e. The van der Waals surface area contributed by atoms with Gasteiger partial charge >= 0.3 is 0 Å². The third-order valence-electron chi connectivity index (χ3n) is 6.63. The van der Waals surface area contributed by atoms with Crippen molar-refractivity contribution in [3.05, 3.63) is 64.5 Å². The predicted octanol–water partition coefficient (Wildman–Crippen LogP) is 4.12. The number of nitrogens with one attached hydrogen (secondary N) is 1. The molecule has 2 aromatic heterocycles. The molecule has 0 unspecified atom stereocenters. The summed E-state index contributed by atoms with van der Waals surface area (Å²) in [5.74, 6) is 0.585. The number of benzene rings is 2. The van der Waals surface area contributed by atoms with Gasteiger partial charge in [0.2, 0.25) is 5.95 Å². The van der Waals surface area contributed by atoms with Crippen LogP contribution in [0.3, 0.4) is 0 Å². The van der Waals surface area contributed by atoms with Gasteiger partial charge in [0.15, 0.2) is 0 Å². The van der Waals surface area contributed by atoms with Crippen molar-refractivity contribution in [3.63, 3.8) is 0 Å². The summed E-state index contributed by atoms with van der Waals surface area (Å²) in [6.07, 6.45) is 6.84. The molecular weight excluding hydrogens is 524 g/mol. The van der Waals surface area contributed by atoms with Gasteiger partial charge < -0.3 is 19.5 Å². The summed E-state index contributed by atoms with van der Waals surface area (Å²) in [6, 6.07) is 11.0. The lowest BCUT2D eigenvalue weighted by Crippen LogP contribution is -2.24. The minimum absolute atomic E-state index is 0.102. The summed E-state index contributed by atoms with van der Waals surface area (Å²) in [5, 5.41) is 16.1. The lowest BCUT2D eigenvalue weighted by atomic mass is 10.0. The largest absolute Gasteiger partial charge is 0.494 e. The van der Waals surface area contributed by atoms with E-state index in [4.69, 9.17) is 13.9 Å². The van der Waals surface area contributed by atoms with Crippen LogP contribution in [-0.2, 0) is 27.3 Å². The van der Waals surface area contributed by atoms with Crippen LogP contribution in [-0.4, -0.2) is 61.4 Å². The molecule has 3 heterocycles. The smallest absolute Gasteiger partial charge is 0.294 e. The number of nitrogens with zero attached hydrogens (tertiary/aromatic N) is 5. The third-order valence-corrected chi connectivity index (χ3v) is 7.23. The second kappa shape index (κ2) is 10.5. The molecular formula is C26H28N6O6S. The van der Waals surface area contributed by atoms with Gasteiger partial charge in [-0.15, -0.1) is 0 Å². The number of anilines is 3. The number of nitro groups is 1. The van der Waals surface area contributed by atoms with Gasteiger partial charge in [-0.05, 0) is 24.5 Å². The van der Waals surface area contributed by atoms with Gasteiger partial charge in [0, 0.05) is 55.6 Å². The van der Waals surface area contributed by atoms with E-state index in [1.54, 1.807) is 13.2 Å². The number of aryl methyl sites for hydroxylation is 2. The van der Waals surface area contributed by atoms with Gasteiger partial charge in [0.05, 0.1) is 41.8 Å². The number of hydrogen-bond acceptors (Lipinski definition) is 10. The fourth-order valence-electron chi connectivity index (χ4n) is 4.87. The number of rotatable bonds is 10. The zero-order valence-electron chi connectivity index (χ0n) is 21.7. The number of likely N-dealkylation sites (N-methyl/N-ethyl adjacent to an activating group) is 1. The van der Waals surface area contributed by atoms with Crippen LogP contribution >= 0.6 is 0 Å². The van der Waals surface area contributed by atoms with Gasteiger partial charge in [-0.1, -0.05) is 18.2 Å². The van der Waals surface area contributed by atoms with E-state index in [-0.39, 0.29) is 30.5 Å². The Hall–Kier alpha value is -4.23. The van der Waals surface area contributed by atoms with E-state index in [0.29, 0.717) is 11.4 Å². The van der Waals surface area contributed by atoms with Crippen molar-refractivity contribution >= 4 is 44.0 Å². The van der Waals surface area contributed by atoms with Crippen molar-refractivity contribution in [1.82, 2.24) is 14.5 Å². The quantitative estimate of drug-likeness (QED) is 0.173. The minimum atomic E-state index is -3.63. The first-order chi connectivity index (χ1) is 18.6. The Bertz CT molecular complexity index is 1670. The second-order valence-corrected chi connectivity index (χ2v) is 10.9. The number of para-hydroxylation sites is 1. The Labute approximate surface area is 225 Å². The van der Waals surface area contributed by atoms with E-state index < -0.39 is 15.0 Å². The first-order valence-electron chi connectivity index (χ1n) is 12.3. The van der Waals surface area contributed by atoms with Gasteiger partial charge in [-0.2, -0.15) is 8.42 Å². The predicted molar refractivity (Wildman–Crippen MR) is 148 cm³/mol. The standard InChI is InChI=1S/C26H28N6O6S/c1-30(12-13-38-39(3,35)36)22-15-24(37-2)21(14-23(22)32(33)34)29-26-27-10-9-20(28-26)19-16-31-11-5-7-17-6-4-8-18(19)25(17)31/h4,6,8-10,14-16H,5,7,11-13H2,1-3H3,(H,27,28,29). The van der Waals surface area contributed by atoms with Crippen molar-refractivity contribution in [1.29, 1.82) is 0 Å². The normalized spacial score (nSPS) is 12.9. The van der Waals surface area contributed by atoms with Crippen LogP contribution in [0.1, 0.15) is 12.0 Å². The molecule has 0 aliphatic carbocycles. The Morgan fingerprint density at radius 2 is 2.08 bits per heavy atom. The number of aromatic nitrogens is 3. The molecule has 39 heavy (non-hydrogen) atoms. The molecule has 1 N–H and O–H groups in total. The lowest BCUT2D eigenvalue weighted by Gasteiger charge is -2.21. The highest BCUT2D eigenvalue weighted by Gasteiger charge is 2.23. The van der Waals surface area contributed by atoms with E-state index in [2.05, 4.69) is 39.3 Å². The average molecular weight is 553 g/mol. The van der Waals surface area contributed by atoms with E-state index in [9.17, 15) is 18.5 Å². The maximum atomic E-state index is 11.9. The highest BCUT2D eigenvalue weighted by molar-refractivity contribution is 7.85. The van der Waals surface area contributed by atoms with Crippen molar-refractivity contribution in [2.24, 2.45) is 0 Å². The molecule has 4 aromatic rings. The summed E-state index contributed by atoms with van der Waals surface area (Å²) in [4.78, 5) is 22.0. The van der Waals surface area contributed by atoms with Crippen molar-refractivity contribution in [2.45, 2.75) is 19.4 Å². The van der Waals surface area contributed by atoms with Crippen LogP contribution in [0.2, 0.25) is 0 Å². The molecule has 1 aliphatic rings. The van der Waals surface area contributed by atoms with E-state index in [0.717, 1.165) is 42.3 Å². The molecule has 0 saturated heterocycles. The Balaban J connectivity index is 1.46. The highest BCUT2D eigenvalue weighted by Crippen LogP contribution is 2.39. The molecule has 0 fully saturated rings. The molecule has 0 atom stereocenters. The summed E-state index contributed by atoms with van der Waals surface area (Å²) >= 11 is 0. The van der Waals surface area contributed by atoms with E-state index in [1.807, 2.05) is 6.07 Å². The van der Waals surface area contributed by atoms with Crippen molar-refractivity contribution in [3.8, 4) is 17.0 Å². The number of hydrogen-bond donors (Lipinski definition) is 1. The average Bonchev–Trinajstić information content (AvgIpc) is 3.28. The minimum Gasteiger partial charge on any atom is -0.494 e. The number of ether oxygens (including phenoxy) is 1. The van der Waals surface area contributed by atoms with E-state index in [1.165, 1.54) is 35.2 Å². The zero-order valence-corrected chi connectivity index (χ0v) is 22.6. The third kappa shape index (κ3) is 5.49. The second-order valence-electron chi connectivity index (χ2n) is 9.29. The van der Waals surface area contributed by atoms with Gasteiger partial charge in [0.1, 0.15) is 11.4 Å².